The van der Waals surface area contributed by atoms with E-state index >= 15 is 0 Å². The van der Waals surface area contributed by atoms with Crippen molar-refractivity contribution in [2.75, 3.05) is 12.5 Å². The Labute approximate surface area is 168 Å². The fourth-order valence-electron chi connectivity index (χ4n) is 2.87. The average molecular weight is 385 g/mol. The van der Waals surface area contributed by atoms with E-state index in [1.807, 2.05) is 60.7 Å². The molecule has 1 N–H and O–H groups in total. The smallest absolute Gasteiger partial charge is 0.204 e. The highest BCUT2D eigenvalue weighted by Crippen LogP contribution is 2.38. The van der Waals surface area contributed by atoms with E-state index in [-0.39, 0.29) is 0 Å². The van der Waals surface area contributed by atoms with E-state index in [0.717, 1.165) is 38.1 Å². The lowest BCUT2D eigenvalue weighted by Gasteiger charge is -2.02. The summed E-state index contributed by atoms with van der Waals surface area (Å²) in [4.78, 5) is 5.91. The fourth-order valence-corrected chi connectivity index (χ4v) is 3.82. The topological polar surface area (TPSA) is 46.5 Å². The van der Waals surface area contributed by atoms with Crippen molar-refractivity contribution < 1.29 is 4.74 Å². The molecule has 138 valence electrons. The van der Waals surface area contributed by atoms with Crippen molar-refractivity contribution in [1.29, 1.82) is 0 Å². The summed E-state index contributed by atoms with van der Waals surface area (Å²) in [7, 11) is 1.65. The van der Waals surface area contributed by atoms with Gasteiger partial charge in [0.1, 0.15) is 5.75 Å². The van der Waals surface area contributed by atoms with E-state index < -0.39 is 0 Å². The van der Waals surface area contributed by atoms with Gasteiger partial charge in [0, 0.05) is 11.1 Å². The predicted octanol–water partition coefficient (Wildman–Crippen LogP) is 5.93. The number of nitrogens with zero attached hydrogens (tertiary/aromatic N) is 2. The number of benzene rings is 3. The van der Waals surface area contributed by atoms with Gasteiger partial charge >= 0.3 is 0 Å². The maximum Gasteiger partial charge on any atom is 0.204 e. The molecule has 0 aliphatic rings. The second kappa shape index (κ2) is 8.50. The number of rotatable bonds is 6. The molecule has 3 aromatic carbocycles. The van der Waals surface area contributed by atoms with Gasteiger partial charge in [-0.1, -0.05) is 84.1 Å². The third-order valence-electron chi connectivity index (χ3n) is 4.21. The molecule has 0 saturated heterocycles. The van der Waals surface area contributed by atoms with E-state index in [2.05, 4.69) is 34.8 Å². The SMILES string of the molecule is COc1ccccc1/C=N\Nc1nc(-c2ccccc2)c(-c2ccccc2)s1. The molecule has 28 heavy (non-hydrogen) atoms. The zero-order valence-electron chi connectivity index (χ0n) is 15.4. The van der Waals surface area contributed by atoms with Gasteiger partial charge in [-0.3, -0.25) is 5.43 Å². The second-order valence-corrected chi connectivity index (χ2v) is 7.04. The lowest BCUT2D eigenvalue weighted by atomic mass is 10.1. The van der Waals surface area contributed by atoms with Crippen molar-refractivity contribution in [3.63, 3.8) is 0 Å². The average Bonchev–Trinajstić information content (AvgIpc) is 3.19. The van der Waals surface area contributed by atoms with Crippen LogP contribution in [-0.2, 0) is 0 Å². The Hall–Kier alpha value is -3.44. The minimum Gasteiger partial charge on any atom is -0.496 e. The van der Waals surface area contributed by atoms with Crippen molar-refractivity contribution in [3.05, 3.63) is 90.5 Å². The first kappa shape index (κ1) is 17.9. The summed E-state index contributed by atoms with van der Waals surface area (Å²) < 4.78 is 5.35. The number of hydrazone groups is 1. The van der Waals surface area contributed by atoms with Gasteiger partial charge in [-0.2, -0.15) is 5.10 Å². The lowest BCUT2D eigenvalue weighted by molar-refractivity contribution is 0.414. The van der Waals surface area contributed by atoms with Crippen LogP contribution in [0.5, 0.6) is 5.75 Å². The Balaban J connectivity index is 1.65. The number of methoxy groups -OCH3 is 1. The Bertz CT molecular complexity index is 1020. The molecule has 0 amide bonds. The minimum absolute atomic E-state index is 0.740. The summed E-state index contributed by atoms with van der Waals surface area (Å²) in [5.74, 6) is 0.780. The third kappa shape index (κ3) is 3.94. The van der Waals surface area contributed by atoms with Crippen molar-refractivity contribution >= 4 is 22.7 Å². The molecule has 0 aliphatic heterocycles. The Morgan fingerprint density at radius 1 is 0.857 bits per heavy atom. The van der Waals surface area contributed by atoms with Crippen LogP contribution < -0.4 is 10.2 Å². The monoisotopic (exact) mass is 385 g/mol. The maximum absolute atomic E-state index is 5.35. The summed E-state index contributed by atoms with van der Waals surface area (Å²) in [6.07, 6.45) is 1.74. The molecule has 0 bridgehead atoms. The molecule has 5 heteroatoms. The third-order valence-corrected chi connectivity index (χ3v) is 5.22. The van der Waals surface area contributed by atoms with Crippen LogP contribution in [0.25, 0.3) is 21.7 Å². The van der Waals surface area contributed by atoms with E-state index in [1.54, 1.807) is 24.7 Å². The molecule has 0 atom stereocenters. The molecule has 4 nitrogen and oxygen atoms in total. The first-order chi connectivity index (χ1) is 13.8. The summed E-state index contributed by atoms with van der Waals surface area (Å²) in [6.45, 7) is 0. The Kier molecular flexibility index (Phi) is 5.45. The number of anilines is 1. The van der Waals surface area contributed by atoms with Crippen LogP contribution in [0.2, 0.25) is 0 Å². The number of nitrogens with one attached hydrogen (secondary N) is 1. The van der Waals surface area contributed by atoms with Gasteiger partial charge in [0.15, 0.2) is 0 Å². The summed E-state index contributed by atoms with van der Waals surface area (Å²) in [6, 6.07) is 28.2. The molecule has 0 spiro atoms. The zero-order valence-corrected chi connectivity index (χ0v) is 16.2. The second-order valence-electron chi connectivity index (χ2n) is 6.04. The lowest BCUT2D eigenvalue weighted by Crippen LogP contribution is -1.93. The van der Waals surface area contributed by atoms with Crippen LogP contribution >= 0.6 is 11.3 Å². The summed E-state index contributed by atoms with van der Waals surface area (Å²) in [5, 5.41) is 5.09. The largest absolute Gasteiger partial charge is 0.496 e. The normalized spacial score (nSPS) is 10.9. The van der Waals surface area contributed by atoms with Crippen LogP contribution in [-0.4, -0.2) is 18.3 Å². The highest BCUT2D eigenvalue weighted by atomic mass is 32.1. The van der Waals surface area contributed by atoms with E-state index in [1.165, 1.54) is 0 Å². The highest BCUT2D eigenvalue weighted by molar-refractivity contribution is 7.19. The number of aromatic nitrogens is 1. The van der Waals surface area contributed by atoms with Crippen molar-refractivity contribution in [2.24, 2.45) is 5.10 Å². The predicted molar refractivity (Wildman–Crippen MR) is 117 cm³/mol. The number of hydrogen-bond donors (Lipinski definition) is 1. The highest BCUT2D eigenvalue weighted by Gasteiger charge is 2.14. The Morgan fingerprint density at radius 2 is 1.50 bits per heavy atom. The van der Waals surface area contributed by atoms with Gasteiger partial charge in [0.05, 0.1) is 23.9 Å². The van der Waals surface area contributed by atoms with Crippen LogP contribution in [0.3, 0.4) is 0 Å². The van der Waals surface area contributed by atoms with Gasteiger partial charge in [-0.25, -0.2) is 4.98 Å². The molecule has 4 rings (SSSR count). The number of thiazole rings is 1. The van der Waals surface area contributed by atoms with Crippen LogP contribution in [0, 0.1) is 0 Å². The van der Waals surface area contributed by atoms with Crippen LogP contribution in [0.1, 0.15) is 5.56 Å². The van der Waals surface area contributed by atoms with Gasteiger partial charge < -0.3 is 4.74 Å². The number of ether oxygens (including phenoxy) is 1. The Morgan fingerprint density at radius 3 is 2.21 bits per heavy atom. The van der Waals surface area contributed by atoms with Gasteiger partial charge in [-0.15, -0.1) is 0 Å². The summed E-state index contributed by atoms with van der Waals surface area (Å²) in [5.41, 5.74) is 7.14. The van der Waals surface area contributed by atoms with E-state index in [0.29, 0.717) is 0 Å². The van der Waals surface area contributed by atoms with Crippen LogP contribution in [0.4, 0.5) is 5.13 Å². The van der Waals surface area contributed by atoms with Crippen molar-refractivity contribution in [2.45, 2.75) is 0 Å². The van der Waals surface area contributed by atoms with E-state index in [9.17, 15) is 0 Å². The molecule has 4 aromatic rings. The first-order valence-electron chi connectivity index (χ1n) is 8.89. The first-order valence-corrected chi connectivity index (χ1v) is 9.70. The molecule has 1 heterocycles. The quantitative estimate of drug-likeness (QED) is 0.330. The minimum atomic E-state index is 0.740. The van der Waals surface area contributed by atoms with Crippen molar-refractivity contribution in [1.82, 2.24) is 4.98 Å². The molecular formula is C23H19N3OS. The molecular weight excluding hydrogens is 366 g/mol. The fraction of sp³-hybridized carbons (Fsp3) is 0.0435. The molecule has 0 radical (unpaired) electrons. The number of hydrogen-bond acceptors (Lipinski definition) is 5. The summed E-state index contributed by atoms with van der Waals surface area (Å²) >= 11 is 1.59. The zero-order chi connectivity index (χ0) is 19.2. The molecule has 0 unspecified atom stereocenters. The standard InChI is InChI=1S/C23H19N3OS/c1-27-20-15-9-8-14-19(20)16-24-26-23-25-21(17-10-4-2-5-11-17)22(28-23)18-12-6-3-7-13-18/h2-16H,1H3,(H,25,26)/b24-16-. The number of para-hydroxylation sites is 1. The molecule has 0 aliphatic carbocycles. The van der Waals surface area contributed by atoms with Gasteiger partial charge in [0.25, 0.3) is 0 Å². The van der Waals surface area contributed by atoms with E-state index in [4.69, 9.17) is 9.72 Å². The molecule has 0 fully saturated rings. The van der Waals surface area contributed by atoms with Gasteiger partial charge in [0.2, 0.25) is 5.13 Å². The van der Waals surface area contributed by atoms with Crippen molar-refractivity contribution in [3.8, 4) is 27.4 Å². The maximum atomic E-state index is 5.35. The van der Waals surface area contributed by atoms with Gasteiger partial charge in [-0.05, 0) is 17.7 Å². The molecule has 0 saturated carbocycles. The molecule has 1 aromatic heterocycles. The van der Waals surface area contributed by atoms with Crippen LogP contribution in [0.15, 0.2) is 90.0 Å².